The van der Waals surface area contributed by atoms with Crippen LogP contribution in [0.15, 0.2) is 41.6 Å². The van der Waals surface area contributed by atoms with E-state index in [1.165, 1.54) is 17.3 Å². The first-order chi connectivity index (χ1) is 15.3. The molecular weight excluding hydrogens is 444 g/mol. The van der Waals surface area contributed by atoms with Crippen molar-refractivity contribution < 1.29 is 9.53 Å². The van der Waals surface area contributed by atoms with Crippen molar-refractivity contribution in [3.8, 4) is 5.75 Å². The summed E-state index contributed by atoms with van der Waals surface area (Å²) >= 11 is 7.62. The van der Waals surface area contributed by atoms with Gasteiger partial charge in [0.1, 0.15) is 12.4 Å². The molecule has 1 saturated carbocycles. The first kappa shape index (κ1) is 22.7. The van der Waals surface area contributed by atoms with Crippen LogP contribution in [0.1, 0.15) is 48.3 Å². The minimum Gasteiger partial charge on any atom is -0.484 e. The van der Waals surface area contributed by atoms with Crippen LogP contribution in [0.25, 0.3) is 0 Å². The topological polar surface area (TPSA) is 69.0 Å². The highest BCUT2D eigenvalue weighted by molar-refractivity contribution is 8.00. The fourth-order valence-electron chi connectivity index (χ4n) is 3.70. The van der Waals surface area contributed by atoms with Crippen molar-refractivity contribution in [2.45, 2.75) is 63.6 Å². The van der Waals surface area contributed by atoms with Gasteiger partial charge in [-0.2, -0.15) is 0 Å². The predicted octanol–water partition coefficient (Wildman–Crippen LogP) is 5.89. The van der Waals surface area contributed by atoms with Gasteiger partial charge < -0.3 is 10.1 Å². The predicted molar refractivity (Wildman–Crippen MR) is 129 cm³/mol. The highest BCUT2D eigenvalue weighted by Gasteiger charge is 2.31. The van der Waals surface area contributed by atoms with Gasteiger partial charge in [0.2, 0.25) is 5.91 Å². The number of ether oxygens (including phenoxy) is 1. The molecule has 2 aromatic carbocycles. The summed E-state index contributed by atoms with van der Waals surface area (Å²) in [5.74, 6) is 1.31. The van der Waals surface area contributed by atoms with E-state index in [0.29, 0.717) is 16.8 Å². The van der Waals surface area contributed by atoms with Crippen LogP contribution in [-0.2, 0) is 11.4 Å². The standard InChI is InChI=1S/C24H27ClN4O2S/c1-14-11-15(2)22(16(3)12-14)26-23(30)17(4)32-24-28-27-21(29(24)18-9-10-18)13-31-20-8-6-5-7-19(20)25/h5-8,11-12,17-18H,9-10,13H2,1-4H3,(H,26,30). The van der Waals surface area contributed by atoms with Crippen LogP contribution < -0.4 is 10.1 Å². The number of aryl methyl sites for hydroxylation is 3. The highest BCUT2D eigenvalue weighted by atomic mass is 35.5. The van der Waals surface area contributed by atoms with Gasteiger partial charge in [-0.15, -0.1) is 10.2 Å². The first-order valence-electron chi connectivity index (χ1n) is 10.7. The van der Waals surface area contributed by atoms with E-state index in [9.17, 15) is 4.79 Å². The number of hydrogen-bond donors (Lipinski definition) is 1. The molecule has 0 aliphatic heterocycles. The quantitative estimate of drug-likeness (QED) is 0.415. The van der Waals surface area contributed by atoms with Gasteiger partial charge in [-0.1, -0.05) is 53.2 Å². The summed E-state index contributed by atoms with van der Waals surface area (Å²) in [4.78, 5) is 12.9. The number of carbonyl (C=O) groups is 1. The molecule has 8 heteroatoms. The maximum atomic E-state index is 12.9. The largest absolute Gasteiger partial charge is 0.484 e. The van der Waals surface area contributed by atoms with Gasteiger partial charge in [0.05, 0.1) is 10.3 Å². The lowest BCUT2D eigenvalue weighted by Gasteiger charge is -2.16. The number of carbonyl (C=O) groups excluding carboxylic acids is 1. The molecule has 1 heterocycles. The van der Waals surface area contributed by atoms with Crippen LogP contribution in [0, 0.1) is 20.8 Å². The zero-order valence-corrected chi connectivity index (χ0v) is 20.3. The van der Waals surface area contributed by atoms with Gasteiger partial charge in [-0.05, 0) is 63.8 Å². The second-order valence-corrected chi connectivity index (χ2v) is 9.96. The van der Waals surface area contributed by atoms with Crippen LogP contribution in [0.5, 0.6) is 5.75 Å². The second kappa shape index (κ2) is 9.55. The van der Waals surface area contributed by atoms with Crippen molar-refractivity contribution in [2.75, 3.05) is 5.32 Å². The fraction of sp³-hybridized carbons (Fsp3) is 0.375. The molecule has 4 rings (SSSR count). The molecular formula is C24H27ClN4O2S. The third-order valence-corrected chi connectivity index (χ3v) is 6.79. The first-order valence-corrected chi connectivity index (χ1v) is 12.0. The number of amides is 1. The number of nitrogens with zero attached hydrogens (tertiary/aromatic N) is 3. The zero-order chi connectivity index (χ0) is 22.8. The Kier molecular flexibility index (Phi) is 6.76. The van der Waals surface area contributed by atoms with Crippen molar-refractivity contribution in [2.24, 2.45) is 0 Å². The third kappa shape index (κ3) is 5.10. The molecule has 1 amide bonds. The smallest absolute Gasteiger partial charge is 0.237 e. The van der Waals surface area contributed by atoms with Crippen molar-refractivity contribution >= 4 is 35.0 Å². The summed E-state index contributed by atoms with van der Waals surface area (Å²) in [6.45, 7) is 8.26. The molecule has 0 spiro atoms. The maximum absolute atomic E-state index is 12.9. The third-order valence-electron chi connectivity index (χ3n) is 5.42. The van der Waals surface area contributed by atoms with Gasteiger partial charge in [0, 0.05) is 11.7 Å². The van der Waals surface area contributed by atoms with Gasteiger partial charge in [0.25, 0.3) is 0 Å². The molecule has 1 aromatic heterocycles. The monoisotopic (exact) mass is 470 g/mol. The summed E-state index contributed by atoms with van der Waals surface area (Å²) in [6.07, 6.45) is 2.15. The molecule has 1 atom stereocenters. The Morgan fingerprint density at radius 3 is 2.56 bits per heavy atom. The molecule has 0 bridgehead atoms. The van der Waals surface area contributed by atoms with Crippen LogP contribution in [-0.4, -0.2) is 25.9 Å². The van der Waals surface area contributed by atoms with Gasteiger partial charge >= 0.3 is 0 Å². The lowest BCUT2D eigenvalue weighted by atomic mass is 10.1. The van der Waals surface area contributed by atoms with Gasteiger partial charge in [-0.3, -0.25) is 9.36 Å². The van der Waals surface area contributed by atoms with E-state index in [1.807, 2.05) is 39.0 Å². The van der Waals surface area contributed by atoms with E-state index < -0.39 is 0 Å². The molecule has 1 N–H and O–H groups in total. The van der Waals surface area contributed by atoms with Crippen LogP contribution in [0.4, 0.5) is 5.69 Å². The highest BCUT2D eigenvalue weighted by Crippen LogP contribution is 2.40. The van der Waals surface area contributed by atoms with Crippen LogP contribution >= 0.6 is 23.4 Å². The zero-order valence-electron chi connectivity index (χ0n) is 18.7. The van der Waals surface area contributed by atoms with E-state index in [2.05, 4.69) is 39.1 Å². The Hall–Kier alpha value is -2.51. The molecule has 0 radical (unpaired) electrons. The average Bonchev–Trinajstić information content (AvgIpc) is 3.51. The van der Waals surface area contributed by atoms with Crippen LogP contribution in [0.2, 0.25) is 5.02 Å². The molecule has 1 aliphatic rings. The Morgan fingerprint density at radius 1 is 1.22 bits per heavy atom. The lowest BCUT2D eigenvalue weighted by molar-refractivity contribution is -0.115. The Morgan fingerprint density at radius 2 is 1.91 bits per heavy atom. The van der Waals surface area contributed by atoms with Crippen molar-refractivity contribution in [3.05, 3.63) is 63.9 Å². The van der Waals surface area contributed by atoms with Gasteiger partial charge in [-0.25, -0.2) is 0 Å². The minimum absolute atomic E-state index is 0.0516. The summed E-state index contributed by atoms with van der Waals surface area (Å²) < 4.78 is 7.98. The summed E-state index contributed by atoms with van der Waals surface area (Å²) in [7, 11) is 0. The number of benzene rings is 2. The number of halogens is 1. The van der Waals surface area contributed by atoms with E-state index in [1.54, 1.807) is 6.07 Å². The number of anilines is 1. The lowest BCUT2D eigenvalue weighted by Crippen LogP contribution is -2.24. The number of aromatic nitrogens is 3. The Balaban J connectivity index is 1.46. The second-order valence-electron chi connectivity index (χ2n) is 8.24. The van der Waals surface area contributed by atoms with Crippen LogP contribution in [0.3, 0.4) is 0 Å². The van der Waals surface area contributed by atoms with Crippen molar-refractivity contribution in [1.29, 1.82) is 0 Å². The number of rotatable bonds is 8. The van der Waals surface area contributed by atoms with Gasteiger partial charge in [0.15, 0.2) is 11.0 Å². The van der Waals surface area contributed by atoms with E-state index in [-0.39, 0.29) is 17.8 Å². The Labute approximate surface area is 197 Å². The molecule has 3 aromatic rings. The number of para-hydroxylation sites is 1. The molecule has 0 saturated heterocycles. The Bertz CT molecular complexity index is 1120. The summed E-state index contributed by atoms with van der Waals surface area (Å²) in [6, 6.07) is 11.9. The molecule has 6 nitrogen and oxygen atoms in total. The van der Waals surface area contributed by atoms with Crippen molar-refractivity contribution in [1.82, 2.24) is 14.8 Å². The molecule has 168 valence electrons. The van der Waals surface area contributed by atoms with E-state index in [0.717, 1.165) is 40.6 Å². The van der Waals surface area contributed by atoms with E-state index >= 15 is 0 Å². The van der Waals surface area contributed by atoms with Crippen molar-refractivity contribution in [3.63, 3.8) is 0 Å². The number of nitrogens with one attached hydrogen (secondary N) is 1. The average molecular weight is 471 g/mol. The molecule has 32 heavy (non-hydrogen) atoms. The molecule has 1 fully saturated rings. The minimum atomic E-state index is -0.325. The number of thioether (sulfide) groups is 1. The number of hydrogen-bond acceptors (Lipinski definition) is 5. The normalized spacial score (nSPS) is 14.3. The fourth-order valence-corrected chi connectivity index (χ4v) is 4.83. The molecule has 1 unspecified atom stereocenters. The SMILES string of the molecule is Cc1cc(C)c(NC(=O)C(C)Sc2nnc(COc3ccccc3Cl)n2C2CC2)c(C)c1. The van der Waals surface area contributed by atoms with E-state index in [4.69, 9.17) is 16.3 Å². The summed E-state index contributed by atoms with van der Waals surface area (Å²) in [5.41, 5.74) is 4.19. The maximum Gasteiger partial charge on any atom is 0.237 e. The molecule has 1 aliphatic carbocycles. The summed E-state index contributed by atoms with van der Waals surface area (Å²) in [5, 5.41) is 12.8.